The SMILES string of the molecule is CCOC(=O)C(C)(CCCCN1CCN(C)CC1C)NC. The summed E-state index contributed by atoms with van der Waals surface area (Å²) in [6.07, 6.45) is 2.99. The second kappa shape index (κ2) is 8.71. The van der Waals surface area contributed by atoms with Gasteiger partial charge in [0.1, 0.15) is 5.54 Å². The van der Waals surface area contributed by atoms with Gasteiger partial charge in [0.2, 0.25) is 0 Å². The number of esters is 1. The van der Waals surface area contributed by atoms with Gasteiger partial charge in [-0.15, -0.1) is 0 Å². The lowest BCUT2D eigenvalue weighted by Crippen LogP contribution is -2.51. The molecule has 0 aromatic rings. The fourth-order valence-corrected chi connectivity index (χ4v) is 2.92. The molecule has 1 heterocycles. The molecule has 21 heavy (non-hydrogen) atoms. The van der Waals surface area contributed by atoms with Gasteiger partial charge in [0.05, 0.1) is 6.61 Å². The molecule has 1 fully saturated rings. The van der Waals surface area contributed by atoms with Gasteiger partial charge in [-0.2, -0.15) is 0 Å². The number of carbonyl (C=O) groups excluding carboxylic acids is 1. The third-order valence-electron chi connectivity index (χ3n) is 4.62. The molecule has 0 aromatic carbocycles. The van der Waals surface area contributed by atoms with Gasteiger partial charge in [0.25, 0.3) is 0 Å². The quantitative estimate of drug-likeness (QED) is 0.541. The van der Waals surface area contributed by atoms with E-state index in [1.165, 1.54) is 0 Å². The highest BCUT2D eigenvalue weighted by Crippen LogP contribution is 2.17. The summed E-state index contributed by atoms with van der Waals surface area (Å²) < 4.78 is 5.16. The first-order valence-corrected chi connectivity index (χ1v) is 8.21. The van der Waals surface area contributed by atoms with Crippen molar-refractivity contribution >= 4 is 5.97 Å². The Morgan fingerprint density at radius 3 is 2.67 bits per heavy atom. The zero-order valence-electron chi connectivity index (χ0n) is 14.4. The molecule has 1 N–H and O–H groups in total. The van der Waals surface area contributed by atoms with Crippen molar-refractivity contribution in [3.63, 3.8) is 0 Å². The maximum Gasteiger partial charge on any atom is 0.326 e. The maximum absolute atomic E-state index is 12.0. The molecule has 2 atom stereocenters. The van der Waals surface area contributed by atoms with Crippen LogP contribution in [0.15, 0.2) is 0 Å². The van der Waals surface area contributed by atoms with E-state index in [1.54, 1.807) is 0 Å². The van der Waals surface area contributed by atoms with Gasteiger partial charge < -0.3 is 15.0 Å². The van der Waals surface area contributed by atoms with Gasteiger partial charge >= 0.3 is 5.97 Å². The van der Waals surface area contributed by atoms with Crippen LogP contribution in [0.5, 0.6) is 0 Å². The molecule has 0 spiro atoms. The van der Waals surface area contributed by atoms with E-state index in [4.69, 9.17) is 4.74 Å². The molecule has 1 aliphatic rings. The number of hydrogen-bond donors (Lipinski definition) is 1. The molecular weight excluding hydrogens is 266 g/mol. The smallest absolute Gasteiger partial charge is 0.326 e. The Morgan fingerprint density at radius 2 is 2.10 bits per heavy atom. The van der Waals surface area contributed by atoms with Crippen LogP contribution < -0.4 is 5.32 Å². The van der Waals surface area contributed by atoms with Crippen molar-refractivity contribution in [2.45, 2.75) is 51.6 Å². The van der Waals surface area contributed by atoms with E-state index < -0.39 is 5.54 Å². The summed E-state index contributed by atoms with van der Waals surface area (Å²) in [6.45, 7) is 11.1. The molecular formula is C16H33N3O2. The third kappa shape index (κ3) is 5.57. The van der Waals surface area contributed by atoms with Crippen LogP contribution in [0.2, 0.25) is 0 Å². The molecule has 0 radical (unpaired) electrons. The molecule has 124 valence electrons. The van der Waals surface area contributed by atoms with E-state index in [1.807, 2.05) is 20.9 Å². The first-order chi connectivity index (χ1) is 9.92. The largest absolute Gasteiger partial charge is 0.465 e. The molecule has 5 nitrogen and oxygen atoms in total. The van der Waals surface area contributed by atoms with Crippen LogP contribution in [-0.4, -0.2) is 74.2 Å². The first-order valence-electron chi connectivity index (χ1n) is 8.21. The van der Waals surface area contributed by atoms with Crippen molar-refractivity contribution in [1.29, 1.82) is 0 Å². The first kappa shape index (κ1) is 18.4. The summed E-state index contributed by atoms with van der Waals surface area (Å²) in [6, 6.07) is 0.629. The molecule has 2 unspecified atom stereocenters. The van der Waals surface area contributed by atoms with Crippen LogP contribution in [0.3, 0.4) is 0 Å². The van der Waals surface area contributed by atoms with Crippen molar-refractivity contribution < 1.29 is 9.53 Å². The summed E-state index contributed by atoms with van der Waals surface area (Å²) in [5.41, 5.74) is -0.552. The fraction of sp³-hybridized carbons (Fsp3) is 0.938. The minimum atomic E-state index is -0.552. The number of likely N-dealkylation sites (N-methyl/N-ethyl adjacent to an activating group) is 2. The number of hydrogen-bond acceptors (Lipinski definition) is 5. The summed E-state index contributed by atoms with van der Waals surface area (Å²) in [5.74, 6) is -0.138. The van der Waals surface area contributed by atoms with Crippen LogP contribution in [0.25, 0.3) is 0 Å². The van der Waals surface area contributed by atoms with Crippen molar-refractivity contribution in [2.24, 2.45) is 0 Å². The summed E-state index contributed by atoms with van der Waals surface area (Å²) >= 11 is 0. The standard InChI is InChI=1S/C16H33N3O2/c1-6-21-15(20)16(3,17-4)9-7-8-10-19-12-11-18(5)13-14(19)2/h14,17H,6-13H2,1-5H3. The number of unbranched alkanes of at least 4 members (excludes halogenated alkanes) is 1. The lowest BCUT2D eigenvalue weighted by Gasteiger charge is -2.38. The van der Waals surface area contributed by atoms with Gasteiger partial charge in [-0.25, -0.2) is 0 Å². The molecule has 0 aromatic heterocycles. The van der Waals surface area contributed by atoms with Crippen LogP contribution in [-0.2, 0) is 9.53 Å². The third-order valence-corrected chi connectivity index (χ3v) is 4.62. The maximum atomic E-state index is 12.0. The van der Waals surface area contributed by atoms with E-state index >= 15 is 0 Å². The molecule has 1 aliphatic heterocycles. The Hall–Kier alpha value is -0.650. The van der Waals surface area contributed by atoms with Gasteiger partial charge in [-0.1, -0.05) is 0 Å². The van der Waals surface area contributed by atoms with Gasteiger partial charge in [0, 0.05) is 25.7 Å². The fourth-order valence-electron chi connectivity index (χ4n) is 2.92. The van der Waals surface area contributed by atoms with E-state index in [-0.39, 0.29) is 5.97 Å². The highest BCUT2D eigenvalue weighted by atomic mass is 16.5. The van der Waals surface area contributed by atoms with E-state index in [0.717, 1.165) is 45.4 Å². The van der Waals surface area contributed by atoms with Gasteiger partial charge in [0.15, 0.2) is 0 Å². The van der Waals surface area contributed by atoms with Crippen molar-refractivity contribution in [3.8, 4) is 0 Å². The van der Waals surface area contributed by atoms with Crippen LogP contribution in [0, 0.1) is 0 Å². The zero-order valence-corrected chi connectivity index (χ0v) is 14.4. The van der Waals surface area contributed by atoms with Crippen LogP contribution in [0.1, 0.15) is 40.0 Å². The Bertz CT molecular complexity index is 325. The topological polar surface area (TPSA) is 44.8 Å². The van der Waals surface area contributed by atoms with Crippen LogP contribution >= 0.6 is 0 Å². The van der Waals surface area contributed by atoms with Gasteiger partial charge in [-0.3, -0.25) is 9.69 Å². The Labute approximate surface area is 130 Å². The van der Waals surface area contributed by atoms with E-state index in [2.05, 4.69) is 29.1 Å². The lowest BCUT2D eigenvalue weighted by molar-refractivity contribution is -0.150. The molecule has 0 aliphatic carbocycles. The number of carbonyl (C=O) groups is 1. The van der Waals surface area contributed by atoms with Gasteiger partial charge in [-0.05, 0) is 60.7 Å². The molecule has 5 heteroatoms. The molecule has 1 rings (SSSR count). The average molecular weight is 299 g/mol. The minimum Gasteiger partial charge on any atom is -0.465 e. The average Bonchev–Trinajstić information content (AvgIpc) is 2.45. The summed E-state index contributed by atoms with van der Waals surface area (Å²) in [4.78, 5) is 16.9. The summed E-state index contributed by atoms with van der Waals surface area (Å²) in [7, 11) is 4.02. The predicted octanol–water partition coefficient (Wildman–Crippen LogP) is 1.33. The number of rotatable bonds is 8. The summed E-state index contributed by atoms with van der Waals surface area (Å²) in [5, 5.41) is 3.12. The van der Waals surface area contributed by atoms with E-state index in [0.29, 0.717) is 12.6 Å². The van der Waals surface area contributed by atoms with Crippen molar-refractivity contribution in [3.05, 3.63) is 0 Å². The Balaban J connectivity index is 2.30. The number of nitrogens with one attached hydrogen (secondary N) is 1. The number of piperazine rings is 1. The highest BCUT2D eigenvalue weighted by molar-refractivity contribution is 5.80. The predicted molar refractivity (Wildman–Crippen MR) is 86.5 cm³/mol. The zero-order chi connectivity index (χ0) is 15.9. The lowest BCUT2D eigenvalue weighted by atomic mass is 9.95. The number of nitrogens with zero attached hydrogens (tertiary/aromatic N) is 2. The molecule has 0 bridgehead atoms. The second-order valence-corrected chi connectivity index (χ2v) is 6.41. The highest BCUT2D eigenvalue weighted by Gasteiger charge is 2.32. The van der Waals surface area contributed by atoms with Crippen molar-refractivity contribution in [2.75, 3.05) is 46.9 Å². The molecule has 1 saturated heterocycles. The molecule has 0 amide bonds. The van der Waals surface area contributed by atoms with Crippen molar-refractivity contribution in [1.82, 2.24) is 15.1 Å². The second-order valence-electron chi connectivity index (χ2n) is 6.41. The minimum absolute atomic E-state index is 0.138. The normalized spacial score (nSPS) is 23.8. The Morgan fingerprint density at radius 1 is 1.38 bits per heavy atom. The number of ether oxygens (including phenoxy) is 1. The van der Waals surface area contributed by atoms with Crippen LogP contribution in [0.4, 0.5) is 0 Å². The monoisotopic (exact) mass is 299 g/mol. The van der Waals surface area contributed by atoms with E-state index in [9.17, 15) is 4.79 Å². The molecule has 0 saturated carbocycles. The Kier molecular flexibility index (Phi) is 7.63.